The zero-order valence-corrected chi connectivity index (χ0v) is 8.73. The first-order valence-corrected chi connectivity index (χ1v) is 4.61. The van der Waals surface area contributed by atoms with Gasteiger partial charge in [-0.1, -0.05) is 23.2 Å². The summed E-state index contributed by atoms with van der Waals surface area (Å²) in [7, 11) is 1.82. The van der Waals surface area contributed by atoms with E-state index < -0.39 is 0 Å². The number of rotatable bonds is 3. The monoisotopic (exact) mass is 219 g/mol. The highest BCUT2D eigenvalue weighted by atomic mass is 35.5. The Morgan fingerprint density at radius 3 is 2.46 bits per heavy atom. The van der Waals surface area contributed by atoms with Gasteiger partial charge in [-0.05, 0) is 7.05 Å². The van der Waals surface area contributed by atoms with Crippen molar-refractivity contribution >= 4 is 23.2 Å². The van der Waals surface area contributed by atoms with Gasteiger partial charge in [0.1, 0.15) is 0 Å². The first-order chi connectivity index (χ1) is 6.16. The normalized spacial score (nSPS) is 12.9. The van der Waals surface area contributed by atoms with E-state index in [4.69, 9.17) is 28.9 Å². The van der Waals surface area contributed by atoms with E-state index in [1.807, 2.05) is 7.05 Å². The average Bonchev–Trinajstić information content (AvgIpc) is 2.04. The van der Waals surface area contributed by atoms with E-state index in [1.54, 1.807) is 0 Å². The van der Waals surface area contributed by atoms with Crippen molar-refractivity contribution in [2.75, 3.05) is 13.6 Å². The van der Waals surface area contributed by atoms with Gasteiger partial charge in [-0.3, -0.25) is 4.98 Å². The van der Waals surface area contributed by atoms with Crippen LogP contribution in [0.25, 0.3) is 0 Å². The van der Waals surface area contributed by atoms with Crippen molar-refractivity contribution in [3.8, 4) is 0 Å². The summed E-state index contributed by atoms with van der Waals surface area (Å²) in [6.45, 7) is 0.628. The fourth-order valence-electron chi connectivity index (χ4n) is 1.10. The van der Waals surface area contributed by atoms with E-state index in [-0.39, 0.29) is 6.04 Å². The fourth-order valence-corrected chi connectivity index (χ4v) is 1.74. The summed E-state index contributed by atoms with van der Waals surface area (Å²) in [6, 6.07) is -0.201. The second kappa shape index (κ2) is 4.77. The van der Waals surface area contributed by atoms with Gasteiger partial charge in [-0.25, -0.2) is 0 Å². The van der Waals surface area contributed by atoms with E-state index in [0.717, 1.165) is 5.56 Å². The number of hydrogen-bond acceptors (Lipinski definition) is 3. The number of nitrogens with zero attached hydrogens (tertiary/aromatic N) is 1. The van der Waals surface area contributed by atoms with Crippen molar-refractivity contribution in [2.45, 2.75) is 6.04 Å². The molecule has 1 unspecified atom stereocenters. The summed E-state index contributed by atoms with van der Waals surface area (Å²) in [5.74, 6) is 0. The van der Waals surface area contributed by atoms with Crippen molar-refractivity contribution in [3.63, 3.8) is 0 Å². The Balaban J connectivity index is 2.98. The molecule has 1 aromatic heterocycles. The van der Waals surface area contributed by atoms with Crippen LogP contribution in [0.5, 0.6) is 0 Å². The van der Waals surface area contributed by atoms with Crippen LogP contribution in [0, 0.1) is 0 Å². The van der Waals surface area contributed by atoms with Gasteiger partial charge in [0.25, 0.3) is 0 Å². The molecule has 0 aliphatic rings. The number of aromatic nitrogens is 1. The lowest BCUT2D eigenvalue weighted by Gasteiger charge is -2.13. The van der Waals surface area contributed by atoms with Gasteiger partial charge >= 0.3 is 0 Å². The summed E-state index contributed by atoms with van der Waals surface area (Å²) in [5, 5.41) is 3.98. The van der Waals surface area contributed by atoms with Crippen molar-refractivity contribution < 1.29 is 0 Å². The quantitative estimate of drug-likeness (QED) is 0.813. The fraction of sp³-hybridized carbons (Fsp3) is 0.375. The highest BCUT2D eigenvalue weighted by Gasteiger charge is 2.13. The molecule has 1 aromatic rings. The first kappa shape index (κ1) is 10.7. The lowest BCUT2D eigenvalue weighted by molar-refractivity contribution is 0.652. The molecule has 13 heavy (non-hydrogen) atoms. The molecule has 5 heteroatoms. The van der Waals surface area contributed by atoms with Crippen LogP contribution in [0.15, 0.2) is 12.4 Å². The Morgan fingerprint density at radius 1 is 1.46 bits per heavy atom. The molecule has 0 fully saturated rings. The molecular weight excluding hydrogens is 209 g/mol. The van der Waals surface area contributed by atoms with Crippen LogP contribution in [-0.4, -0.2) is 18.6 Å². The van der Waals surface area contributed by atoms with Crippen LogP contribution >= 0.6 is 23.2 Å². The van der Waals surface area contributed by atoms with Crippen LogP contribution in [0.3, 0.4) is 0 Å². The maximum atomic E-state index is 5.91. The van der Waals surface area contributed by atoms with Crippen molar-refractivity contribution in [1.82, 2.24) is 10.3 Å². The van der Waals surface area contributed by atoms with Crippen LogP contribution in [-0.2, 0) is 0 Å². The Bertz CT molecular complexity index is 270. The molecule has 0 amide bonds. The summed E-state index contributed by atoms with van der Waals surface area (Å²) < 4.78 is 0. The van der Waals surface area contributed by atoms with Crippen molar-refractivity contribution in [1.29, 1.82) is 0 Å². The predicted molar refractivity (Wildman–Crippen MR) is 55.1 cm³/mol. The van der Waals surface area contributed by atoms with Crippen LogP contribution in [0.1, 0.15) is 11.6 Å². The third-order valence-corrected chi connectivity index (χ3v) is 2.29. The molecule has 0 aliphatic carbocycles. The van der Waals surface area contributed by atoms with Crippen LogP contribution in [0.2, 0.25) is 10.0 Å². The lowest BCUT2D eigenvalue weighted by Crippen LogP contribution is -2.24. The number of nitrogens with two attached hydrogens (primary N) is 1. The highest BCUT2D eigenvalue weighted by Crippen LogP contribution is 2.27. The van der Waals surface area contributed by atoms with E-state index >= 15 is 0 Å². The molecule has 0 saturated heterocycles. The standard InChI is InChI=1S/C8H11Cl2N3/c1-12-4-7(11)8-5(9)2-13-3-6(8)10/h2-3,7,12H,4,11H2,1H3. The Kier molecular flexibility index (Phi) is 3.93. The molecule has 1 rings (SSSR count). The topological polar surface area (TPSA) is 50.9 Å². The van der Waals surface area contributed by atoms with Gasteiger partial charge in [-0.15, -0.1) is 0 Å². The van der Waals surface area contributed by atoms with Crippen molar-refractivity contribution in [2.24, 2.45) is 5.73 Å². The zero-order chi connectivity index (χ0) is 9.84. The van der Waals surface area contributed by atoms with E-state index in [9.17, 15) is 0 Å². The summed E-state index contributed by atoms with van der Waals surface area (Å²) >= 11 is 11.8. The van der Waals surface area contributed by atoms with Gasteiger partial charge in [0.2, 0.25) is 0 Å². The molecule has 0 aliphatic heterocycles. The maximum Gasteiger partial charge on any atom is 0.0652 e. The highest BCUT2D eigenvalue weighted by molar-refractivity contribution is 6.35. The van der Waals surface area contributed by atoms with Crippen LogP contribution < -0.4 is 11.1 Å². The second-order valence-electron chi connectivity index (χ2n) is 2.68. The molecule has 0 radical (unpaired) electrons. The number of nitrogens with one attached hydrogen (secondary N) is 1. The van der Waals surface area contributed by atoms with Gasteiger partial charge in [0.05, 0.1) is 10.0 Å². The molecule has 1 atom stereocenters. The minimum atomic E-state index is -0.201. The third-order valence-electron chi connectivity index (χ3n) is 1.69. The minimum absolute atomic E-state index is 0.201. The summed E-state index contributed by atoms with van der Waals surface area (Å²) in [4.78, 5) is 3.85. The zero-order valence-electron chi connectivity index (χ0n) is 7.22. The molecule has 0 spiro atoms. The number of likely N-dealkylation sites (N-methyl/N-ethyl adjacent to an activating group) is 1. The second-order valence-corrected chi connectivity index (χ2v) is 3.50. The largest absolute Gasteiger partial charge is 0.323 e. The number of pyridine rings is 1. The van der Waals surface area contributed by atoms with Gasteiger partial charge in [-0.2, -0.15) is 0 Å². The average molecular weight is 220 g/mol. The van der Waals surface area contributed by atoms with Crippen LogP contribution in [0.4, 0.5) is 0 Å². The number of hydrogen-bond donors (Lipinski definition) is 2. The molecular formula is C8H11Cl2N3. The molecule has 0 bridgehead atoms. The first-order valence-electron chi connectivity index (χ1n) is 3.86. The SMILES string of the molecule is CNCC(N)c1c(Cl)cncc1Cl. The Labute approximate surface area is 87.2 Å². The van der Waals surface area contributed by atoms with Gasteiger partial charge in [0, 0.05) is 30.5 Å². The Hall–Kier alpha value is -0.350. The summed E-state index contributed by atoms with van der Waals surface area (Å²) in [6.07, 6.45) is 3.08. The molecule has 0 aromatic carbocycles. The Morgan fingerprint density at radius 2 is 2.00 bits per heavy atom. The van der Waals surface area contributed by atoms with Gasteiger partial charge < -0.3 is 11.1 Å². The van der Waals surface area contributed by atoms with E-state index in [1.165, 1.54) is 12.4 Å². The maximum absolute atomic E-state index is 5.91. The molecule has 0 saturated carbocycles. The minimum Gasteiger partial charge on any atom is -0.323 e. The smallest absolute Gasteiger partial charge is 0.0652 e. The third kappa shape index (κ3) is 2.54. The van der Waals surface area contributed by atoms with Crippen molar-refractivity contribution in [3.05, 3.63) is 28.0 Å². The molecule has 3 nitrogen and oxygen atoms in total. The number of halogens is 2. The predicted octanol–water partition coefficient (Wildman–Crippen LogP) is 1.61. The molecule has 3 N–H and O–H groups in total. The molecule has 72 valence electrons. The van der Waals surface area contributed by atoms with E-state index in [0.29, 0.717) is 16.6 Å². The van der Waals surface area contributed by atoms with E-state index in [2.05, 4.69) is 10.3 Å². The molecule has 1 heterocycles. The van der Waals surface area contributed by atoms with Gasteiger partial charge in [0.15, 0.2) is 0 Å². The lowest BCUT2D eigenvalue weighted by atomic mass is 10.1. The summed E-state index contributed by atoms with van der Waals surface area (Å²) in [5.41, 5.74) is 6.59.